The van der Waals surface area contributed by atoms with E-state index in [4.69, 9.17) is 14.2 Å². The molecule has 1 unspecified atom stereocenters. The lowest BCUT2D eigenvalue weighted by Crippen LogP contribution is -2.30. The summed E-state index contributed by atoms with van der Waals surface area (Å²) in [7, 11) is 0. The van der Waals surface area contributed by atoms with E-state index >= 15 is 0 Å². The van der Waals surface area contributed by atoms with Crippen molar-refractivity contribution in [2.45, 2.75) is 252 Å². The van der Waals surface area contributed by atoms with Gasteiger partial charge in [-0.3, -0.25) is 14.4 Å². The average Bonchev–Trinajstić information content (AvgIpc) is 3.27. The molecule has 0 aromatic carbocycles. The Labute approximate surface area is 382 Å². The van der Waals surface area contributed by atoms with Crippen molar-refractivity contribution < 1.29 is 28.6 Å². The Hall–Kier alpha value is -3.15. The van der Waals surface area contributed by atoms with E-state index in [2.05, 4.69) is 93.7 Å². The fourth-order valence-electron chi connectivity index (χ4n) is 7.06. The number of unbranched alkanes of at least 4 members (excludes halogenated alkanes) is 23. The minimum Gasteiger partial charge on any atom is -0.462 e. The second-order valence-corrected chi connectivity index (χ2v) is 17.1. The topological polar surface area (TPSA) is 78.9 Å². The van der Waals surface area contributed by atoms with Crippen molar-refractivity contribution in [2.75, 3.05) is 13.2 Å². The van der Waals surface area contributed by atoms with Gasteiger partial charge in [-0.05, 0) is 83.5 Å². The van der Waals surface area contributed by atoms with Gasteiger partial charge in [-0.25, -0.2) is 0 Å². The Balaban J connectivity index is 4.48. The smallest absolute Gasteiger partial charge is 0.306 e. The lowest BCUT2D eigenvalue weighted by Gasteiger charge is -2.18. The molecule has 0 aliphatic heterocycles. The van der Waals surface area contributed by atoms with E-state index in [1.54, 1.807) is 0 Å². The zero-order valence-electron chi connectivity index (χ0n) is 40.6. The molecule has 0 saturated heterocycles. The number of carbonyl (C=O) groups excluding carboxylic acids is 3. The van der Waals surface area contributed by atoms with Gasteiger partial charge >= 0.3 is 17.9 Å². The van der Waals surface area contributed by atoms with Gasteiger partial charge < -0.3 is 14.2 Å². The highest BCUT2D eigenvalue weighted by Crippen LogP contribution is 2.15. The maximum Gasteiger partial charge on any atom is 0.306 e. The van der Waals surface area contributed by atoms with Gasteiger partial charge in [0.2, 0.25) is 0 Å². The molecule has 6 heteroatoms. The number of rotatable bonds is 46. The first-order chi connectivity index (χ1) is 30.5. The predicted octanol–water partition coefficient (Wildman–Crippen LogP) is 17.0. The Morgan fingerprint density at radius 1 is 0.339 bits per heavy atom. The lowest BCUT2D eigenvalue weighted by molar-refractivity contribution is -0.167. The molecule has 0 rings (SSSR count). The third-order valence-corrected chi connectivity index (χ3v) is 10.9. The molecule has 0 bridgehead atoms. The van der Waals surface area contributed by atoms with Crippen LogP contribution in [0.1, 0.15) is 245 Å². The zero-order chi connectivity index (χ0) is 45.1. The van der Waals surface area contributed by atoms with E-state index in [-0.39, 0.29) is 37.5 Å². The number of esters is 3. The predicted molar refractivity (Wildman–Crippen MR) is 265 cm³/mol. The molecule has 0 aromatic rings. The third kappa shape index (κ3) is 47.9. The standard InChI is InChI=1S/C56H96O6/c1-4-7-10-13-16-19-22-25-27-28-29-32-34-37-40-43-46-49-55(58)61-52-53(51-60-54(57)48-45-42-39-36-33-30-24-21-18-15-12-9-6-3)62-56(59)50-47-44-41-38-35-31-26-23-20-17-14-11-8-5-2/h7,10,16,19,23,25-27,29,32,37,40,53H,4-6,8-9,11-15,17-18,20-22,24,28,30-31,33-36,38-39,41-52H2,1-3H3/b10-7-,19-16-,26-23-,27-25-,32-29-,40-37-. The SMILES string of the molecule is CC/C=C\C/C=C\C/C=C\C/C=C\C/C=C\CCCC(=O)OCC(COC(=O)CCCCCCCCCCCCCCC)OC(=O)CCCCCCC/C=C\CCCCCCC. The largest absolute Gasteiger partial charge is 0.462 e. The first kappa shape index (κ1) is 58.9. The molecule has 6 nitrogen and oxygen atoms in total. The van der Waals surface area contributed by atoms with Gasteiger partial charge in [0, 0.05) is 19.3 Å². The lowest BCUT2D eigenvalue weighted by atomic mass is 10.0. The zero-order valence-corrected chi connectivity index (χ0v) is 40.6. The molecule has 0 saturated carbocycles. The Bertz CT molecular complexity index is 1180. The summed E-state index contributed by atoms with van der Waals surface area (Å²) in [5.74, 6) is -0.961. The van der Waals surface area contributed by atoms with Crippen LogP contribution in [0.4, 0.5) is 0 Å². The van der Waals surface area contributed by atoms with Crippen molar-refractivity contribution >= 4 is 17.9 Å². The van der Waals surface area contributed by atoms with Crippen LogP contribution in [0.15, 0.2) is 72.9 Å². The van der Waals surface area contributed by atoms with Crippen LogP contribution in [-0.2, 0) is 28.6 Å². The van der Waals surface area contributed by atoms with Crippen LogP contribution in [-0.4, -0.2) is 37.2 Å². The Kier molecular flexibility index (Phi) is 47.9. The molecular weight excluding hydrogens is 769 g/mol. The highest BCUT2D eigenvalue weighted by molar-refractivity contribution is 5.71. The average molecular weight is 865 g/mol. The second kappa shape index (κ2) is 50.5. The van der Waals surface area contributed by atoms with Gasteiger partial charge in [-0.2, -0.15) is 0 Å². The quantitative estimate of drug-likeness (QED) is 0.0262. The van der Waals surface area contributed by atoms with Crippen molar-refractivity contribution in [2.24, 2.45) is 0 Å². The van der Waals surface area contributed by atoms with Gasteiger partial charge in [0.15, 0.2) is 6.10 Å². The monoisotopic (exact) mass is 865 g/mol. The van der Waals surface area contributed by atoms with Gasteiger partial charge in [0.25, 0.3) is 0 Å². The maximum atomic E-state index is 12.8. The Morgan fingerprint density at radius 3 is 1.06 bits per heavy atom. The summed E-state index contributed by atoms with van der Waals surface area (Å²) in [6.45, 7) is 6.46. The molecule has 62 heavy (non-hydrogen) atoms. The minimum absolute atomic E-state index is 0.0947. The summed E-state index contributed by atoms with van der Waals surface area (Å²) in [6.07, 6.45) is 63.1. The van der Waals surface area contributed by atoms with Gasteiger partial charge in [0.1, 0.15) is 13.2 Å². The van der Waals surface area contributed by atoms with Crippen molar-refractivity contribution in [3.8, 4) is 0 Å². The van der Waals surface area contributed by atoms with Crippen LogP contribution in [0, 0.1) is 0 Å². The van der Waals surface area contributed by atoms with Crippen LogP contribution in [0.5, 0.6) is 0 Å². The first-order valence-electron chi connectivity index (χ1n) is 25.9. The summed E-state index contributed by atoms with van der Waals surface area (Å²) in [4.78, 5) is 37.9. The summed E-state index contributed by atoms with van der Waals surface area (Å²) in [6, 6.07) is 0. The summed E-state index contributed by atoms with van der Waals surface area (Å²) < 4.78 is 16.7. The molecule has 0 amide bonds. The van der Waals surface area contributed by atoms with Crippen molar-refractivity contribution in [3.63, 3.8) is 0 Å². The second-order valence-electron chi connectivity index (χ2n) is 17.1. The molecule has 356 valence electrons. The van der Waals surface area contributed by atoms with Crippen molar-refractivity contribution in [1.82, 2.24) is 0 Å². The molecular formula is C56H96O6. The molecule has 0 aliphatic carbocycles. The van der Waals surface area contributed by atoms with E-state index in [1.807, 2.05) is 0 Å². The number of hydrogen-bond donors (Lipinski definition) is 0. The van der Waals surface area contributed by atoms with E-state index in [1.165, 1.54) is 109 Å². The number of carbonyl (C=O) groups is 3. The van der Waals surface area contributed by atoms with Gasteiger partial charge in [-0.1, -0.05) is 216 Å². The van der Waals surface area contributed by atoms with Crippen LogP contribution >= 0.6 is 0 Å². The first-order valence-corrected chi connectivity index (χ1v) is 25.9. The normalized spacial score (nSPS) is 12.6. The van der Waals surface area contributed by atoms with Crippen LogP contribution in [0.25, 0.3) is 0 Å². The van der Waals surface area contributed by atoms with Gasteiger partial charge in [0.05, 0.1) is 0 Å². The van der Waals surface area contributed by atoms with E-state index in [9.17, 15) is 14.4 Å². The Morgan fingerprint density at radius 2 is 0.645 bits per heavy atom. The molecule has 0 spiro atoms. The molecule has 0 N–H and O–H groups in total. The van der Waals surface area contributed by atoms with E-state index in [0.717, 1.165) is 89.9 Å². The molecule has 0 radical (unpaired) electrons. The van der Waals surface area contributed by atoms with Crippen LogP contribution in [0.3, 0.4) is 0 Å². The summed E-state index contributed by atoms with van der Waals surface area (Å²) >= 11 is 0. The fourth-order valence-corrected chi connectivity index (χ4v) is 7.06. The third-order valence-electron chi connectivity index (χ3n) is 10.9. The van der Waals surface area contributed by atoms with Crippen LogP contribution < -0.4 is 0 Å². The van der Waals surface area contributed by atoms with Crippen molar-refractivity contribution in [3.05, 3.63) is 72.9 Å². The highest BCUT2D eigenvalue weighted by atomic mass is 16.6. The molecule has 0 heterocycles. The van der Waals surface area contributed by atoms with E-state index < -0.39 is 6.10 Å². The van der Waals surface area contributed by atoms with E-state index in [0.29, 0.717) is 19.3 Å². The van der Waals surface area contributed by atoms with Gasteiger partial charge in [-0.15, -0.1) is 0 Å². The molecule has 1 atom stereocenters. The minimum atomic E-state index is -0.800. The number of hydrogen-bond acceptors (Lipinski definition) is 6. The highest BCUT2D eigenvalue weighted by Gasteiger charge is 2.19. The summed E-state index contributed by atoms with van der Waals surface area (Å²) in [5.41, 5.74) is 0. The maximum absolute atomic E-state index is 12.8. The molecule has 0 aliphatic rings. The number of ether oxygens (including phenoxy) is 3. The molecule has 0 aromatic heterocycles. The number of allylic oxidation sites excluding steroid dienone is 12. The van der Waals surface area contributed by atoms with Crippen LogP contribution in [0.2, 0.25) is 0 Å². The fraction of sp³-hybridized carbons (Fsp3) is 0.732. The molecule has 0 fully saturated rings. The van der Waals surface area contributed by atoms with Crippen molar-refractivity contribution in [1.29, 1.82) is 0 Å². The summed E-state index contributed by atoms with van der Waals surface area (Å²) in [5, 5.41) is 0.